The first-order valence-corrected chi connectivity index (χ1v) is 7.32. The predicted octanol–water partition coefficient (Wildman–Crippen LogP) is 2.14. The van der Waals surface area contributed by atoms with Gasteiger partial charge in [0.05, 0.1) is 4.92 Å². The highest BCUT2D eigenvalue weighted by atomic mass is 16.6. The summed E-state index contributed by atoms with van der Waals surface area (Å²) in [4.78, 5) is 17.0. The third-order valence-electron chi connectivity index (χ3n) is 3.95. The molecule has 0 bridgehead atoms. The van der Waals surface area contributed by atoms with Gasteiger partial charge in [-0.05, 0) is 23.3 Å². The fraction of sp³-hybridized carbons (Fsp3) is 0.312. The maximum absolute atomic E-state index is 10.9. The van der Waals surface area contributed by atoms with E-state index in [0.717, 1.165) is 25.2 Å². The molecule has 22 heavy (non-hydrogen) atoms. The zero-order chi connectivity index (χ0) is 15.4. The zero-order valence-corrected chi connectivity index (χ0v) is 12.2. The quantitative estimate of drug-likeness (QED) is 0.691. The lowest BCUT2D eigenvalue weighted by Gasteiger charge is -2.36. The van der Waals surface area contributed by atoms with E-state index in [0.29, 0.717) is 6.54 Å². The maximum atomic E-state index is 10.9. The predicted molar refractivity (Wildman–Crippen MR) is 83.4 cm³/mol. The normalized spacial score (nSPS) is 19.0. The van der Waals surface area contributed by atoms with Crippen LogP contribution in [0.5, 0.6) is 0 Å². The molecule has 1 aliphatic rings. The number of nitrogens with zero attached hydrogens (tertiary/aromatic N) is 3. The Hall–Kier alpha value is -2.31. The van der Waals surface area contributed by atoms with Gasteiger partial charge in [0, 0.05) is 56.7 Å². The highest BCUT2D eigenvalue weighted by molar-refractivity contribution is 5.34. The van der Waals surface area contributed by atoms with Crippen molar-refractivity contribution in [3.05, 3.63) is 70.0 Å². The Labute approximate surface area is 128 Å². The Morgan fingerprint density at radius 1 is 1.32 bits per heavy atom. The summed E-state index contributed by atoms with van der Waals surface area (Å²) in [6.45, 7) is 3.42. The van der Waals surface area contributed by atoms with Crippen LogP contribution in [-0.4, -0.2) is 34.4 Å². The van der Waals surface area contributed by atoms with E-state index >= 15 is 0 Å². The molecule has 1 atom stereocenters. The first-order chi connectivity index (χ1) is 10.7. The van der Waals surface area contributed by atoms with Crippen molar-refractivity contribution in [2.45, 2.75) is 12.6 Å². The van der Waals surface area contributed by atoms with Crippen molar-refractivity contribution >= 4 is 5.69 Å². The van der Waals surface area contributed by atoms with Gasteiger partial charge in [0.2, 0.25) is 0 Å². The van der Waals surface area contributed by atoms with E-state index in [2.05, 4.69) is 15.2 Å². The molecule has 1 saturated heterocycles. The standard InChI is InChI=1S/C16H18N4O2/c21-20(22)15-3-1-2-13(10-15)12-19-9-8-18-11-16(19)14-4-6-17-7-5-14/h1-7,10,16,18H,8-9,11-12H2. The van der Waals surface area contributed by atoms with Gasteiger partial charge in [0.1, 0.15) is 0 Å². The van der Waals surface area contributed by atoms with Gasteiger partial charge >= 0.3 is 0 Å². The molecular formula is C16H18N4O2. The van der Waals surface area contributed by atoms with Crippen LogP contribution in [0.15, 0.2) is 48.8 Å². The summed E-state index contributed by atoms with van der Waals surface area (Å²) in [5.41, 5.74) is 2.33. The Kier molecular flexibility index (Phi) is 4.41. The van der Waals surface area contributed by atoms with Gasteiger partial charge < -0.3 is 5.32 Å². The Bertz CT molecular complexity index is 648. The summed E-state index contributed by atoms with van der Waals surface area (Å²) < 4.78 is 0. The molecule has 2 aromatic rings. The number of piperazine rings is 1. The fourth-order valence-electron chi connectivity index (χ4n) is 2.85. The molecule has 0 radical (unpaired) electrons. The minimum Gasteiger partial charge on any atom is -0.314 e. The topological polar surface area (TPSA) is 71.3 Å². The largest absolute Gasteiger partial charge is 0.314 e. The average molecular weight is 298 g/mol. The van der Waals surface area contributed by atoms with Gasteiger partial charge in [-0.25, -0.2) is 0 Å². The number of hydrogen-bond acceptors (Lipinski definition) is 5. The number of nitrogens with one attached hydrogen (secondary N) is 1. The molecule has 2 heterocycles. The molecule has 6 heteroatoms. The van der Waals surface area contributed by atoms with Crippen LogP contribution < -0.4 is 5.32 Å². The molecule has 1 aromatic heterocycles. The first kappa shape index (κ1) is 14.6. The average Bonchev–Trinajstić information content (AvgIpc) is 2.56. The van der Waals surface area contributed by atoms with Crippen molar-refractivity contribution in [1.29, 1.82) is 0 Å². The second kappa shape index (κ2) is 6.64. The van der Waals surface area contributed by atoms with E-state index in [1.807, 2.05) is 18.2 Å². The summed E-state index contributed by atoms with van der Waals surface area (Å²) in [6.07, 6.45) is 3.60. The molecule has 1 unspecified atom stereocenters. The molecule has 1 aliphatic heterocycles. The zero-order valence-electron chi connectivity index (χ0n) is 12.2. The highest BCUT2D eigenvalue weighted by Crippen LogP contribution is 2.24. The minimum absolute atomic E-state index is 0.146. The van der Waals surface area contributed by atoms with Crippen LogP contribution in [0, 0.1) is 10.1 Å². The number of pyridine rings is 1. The van der Waals surface area contributed by atoms with Crippen LogP contribution in [0.4, 0.5) is 5.69 Å². The SMILES string of the molecule is O=[N+]([O-])c1cccc(CN2CCNCC2c2ccncc2)c1. The number of aromatic nitrogens is 1. The van der Waals surface area contributed by atoms with Gasteiger partial charge in [-0.2, -0.15) is 0 Å². The van der Waals surface area contributed by atoms with E-state index in [1.54, 1.807) is 24.5 Å². The van der Waals surface area contributed by atoms with Crippen molar-refractivity contribution in [1.82, 2.24) is 15.2 Å². The van der Waals surface area contributed by atoms with E-state index in [-0.39, 0.29) is 16.7 Å². The Morgan fingerprint density at radius 3 is 2.91 bits per heavy atom. The van der Waals surface area contributed by atoms with E-state index < -0.39 is 0 Å². The summed E-state index contributed by atoms with van der Waals surface area (Å²) in [5.74, 6) is 0. The molecule has 0 spiro atoms. The van der Waals surface area contributed by atoms with Crippen molar-refractivity contribution in [2.24, 2.45) is 0 Å². The summed E-state index contributed by atoms with van der Waals surface area (Å²) in [6, 6.07) is 11.2. The number of hydrogen-bond donors (Lipinski definition) is 1. The summed E-state index contributed by atoms with van der Waals surface area (Å²) >= 11 is 0. The Morgan fingerprint density at radius 2 is 2.14 bits per heavy atom. The lowest BCUT2D eigenvalue weighted by molar-refractivity contribution is -0.384. The number of benzene rings is 1. The molecule has 1 fully saturated rings. The number of non-ortho nitro benzene ring substituents is 1. The molecule has 1 N–H and O–H groups in total. The second-order valence-corrected chi connectivity index (χ2v) is 5.40. The van der Waals surface area contributed by atoms with Crippen LogP contribution in [0.3, 0.4) is 0 Å². The molecule has 0 saturated carbocycles. The second-order valence-electron chi connectivity index (χ2n) is 5.40. The molecule has 1 aromatic carbocycles. The van der Waals surface area contributed by atoms with Crippen molar-refractivity contribution in [3.8, 4) is 0 Å². The third-order valence-corrected chi connectivity index (χ3v) is 3.95. The molecule has 0 aliphatic carbocycles. The lowest BCUT2D eigenvalue weighted by Crippen LogP contribution is -2.45. The number of nitro groups is 1. The molecule has 114 valence electrons. The maximum Gasteiger partial charge on any atom is 0.269 e. The first-order valence-electron chi connectivity index (χ1n) is 7.32. The molecule has 0 amide bonds. The van der Waals surface area contributed by atoms with E-state index in [9.17, 15) is 10.1 Å². The summed E-state index contributed by atoms with van der Waals surface area (Å²) in [5, 5.41) is 14.3. The van der Waals surface area contributed by atoms with Gasteiger partial charge in [0.25, 0.3) is 5.69 Å². The van der Waals surface area contributed by atoms with Crippen LogP contribution >= 0.6 is 0 Å². The van der Waals surface area contributed by atoms with E-state index in [4.69, 9.17) is 0 Å². The van der Waals surface area contributed by atoms with Crippen LogP contribution in [-0.2, 0) is 6.54 Å². The lowest BCUT2D eigenvalue weighted by atomic mass is 10.0. The van der Waals surface area contributed by atoms with Crippen LogP contribution in [0.1, 0.15) is 17.2 Å². The number of rotatable bonds is 4. The van der Waals surface area contributed by atoms with E-state index in [1.165, 1.54) is 11.6 Å². The van der Waals surface area contributed by atoms with Crippen molar-refractivity contribution in [2.75, 3.05) is 19.6 Å². The van der Waals surface area contributed by atoms with Gasteiger partial charge in [-0.15, -0.1) is 0 Å². The van der Waals surface area contributed by atoms with Gasteiger partial charge in [-0.3, -0.25) is 20.0 Å². The van der Waals surface area contributed by atoms with Crippen molar-refractivity contribution in [3.63, 3.8) is 0 Å². The van der Waals surface area contributed by atoms with Crippen LogP contribution in [0.2, 0.25) is 0 Å². The highest BCUT2D eigenvalue weighted by Gasteiger charge is 2.24. The molecule has 6 nitrogen and oxygen atoms in total. The summed E-state index contributed by atoms with van der Waals surface area (Å²) in [7, 11) is 0. The van der Waals surface area contributed by atoms with Crippen molar-refractivity contribution < 1.29 is 4.92 Å². The van der Waals surface area contributed by atoms with Gasteiger partial charge in [0.15, 0.2) is 0 Å². The smallest absolute Gasteiger partial charge is 0.269 e. The number of nitro benzene ring substituents is 1. The fourth-order valence-corrected chi connectivity index (χ4v) is 2.85. The molecular weight excluding hydrogens is 280 g/mol. The molecule has 3 rings (SSSR count). The minimum atomic E-state index is -0.346. The monoisotopic (exact) mass is 298 g/mol. The van der Waals surface area contributed by atoms with Crippen LogP contribution in [0.25, 0.3) is 0 Å². The Balaban J connectivity index is 1.80. The third kappa shape index (κ3) is 3.29. The van der Waals surface area contributed by atoms with Gasteiger partial charge in [-0.1, -0.05) is 12.1 Å².